The molecule has 0 aromatic heterocycles. The quantitative estimate of drug-likeness (QED) is 0.339. The molecular weight excluding hydrogens is 114 g/mol. The fourth-order valence-corrected chi connectivity index (χ4v) is 0.269. The molecule has 0 saturated heterocycles. The molecule has 0 aromatic carbocycles. The average Bonchev–Trinajstić information content (AvgIpc) is 1.68. The average molecular weight is 123 g/mol. The summed E-state index contributed by atoms with van der Waals surface area (Å²) in [5.41, 5.74) is 0. The zero-order chi connectivity index (χ0) is 5.70. The van der Waals surface area contributed by atoms with Gasteiger partial charge in [0.2, 0.25) is 0 Å². The van der Waals surface area contributed by atoms with Crippen molar-refractivity contribution >= 4 is 12.6 Å². The first kappa shape index (κ1) is 7.23. The van der Waals surface area contributed by atoms with E-state index in [1.54, 1.807) is 0 Å². The molecular formula is C3H9NO2S. The summed E-state index contributed by atoms with van der Waals surface area (Å²) in [4.78, 5) is 4.10. The second-order valence-electron chi connectivity index (χ2n) is 1.17. The maximum atomic E-state index is 8.58. The lowest BCUT2D eigenvalue weighted by Crippen LogP contribution is -2.19. The first-order valence-corrected chi connectivity index (χ1v) is 2.55. The van der Waals surface area contributed by atoms with Gasteiger partial charge in [-0.25, -0.2) is 5.90 Å². The van der Waals surface area contributed by atoms with Crippen molar-refractivity contribution in [2.75, 3.05) is 12.4 Å². The van der Waals surface area contributed by atoms with Crippen molar-refractivity contribution in [3.63, 3.8) is 0 Å². The highest BCUT2D eigenvalue weighted by Gasteiger charge is 1.96. The summed E-state index contributed by atoms with van der Waals surface area (Å²) in [6.45, 7) is 0.156. The van der Waals surface area contributed by atoms with Gasteiger partial charge < -0.3 is 9.94 Å². The molecule has 0 aliphatic rings. The monoisotopic (exact) mass is 123 g/mol. The first-order chi connectivity index (χ1) is 3.31. The number of rotatable bonds is 3. The Kier molecular flexibility index (Phi) is 4.53. The highest BCUT2D eigenvalue weighted by atomic mass is 32.1. The molecule has 4 heteroatoms. The van der Waals surface area contributed by atoms with Crippen LogP contribution in [0.5, 0.6) is 0 Å². The largest absolute Gasteiger partial charge is 0.390 e. The minimum Gasteiger partial charge on any atom is -0.390 e. The maximum Gasteiger partial charge on any atom is 0.0946 e. The van der Waals surface area contributed by atoms with Crippen LogP contribution in [0.2, 0.25) is 0 Å². The lowest BCUT2D eigenvalue weighted by Gasteiger charge is -2.01. The van der Waals surface area contributed by atoms with E-state index in [1.807, 2.05) is 0 Å². The minimum absolute atomic E-state index is 0.156. The summed E-state index contributed by atoms with van der Waals surface area (Å²) < 4.78 is 0. The second kappa shape index (κ2) is 4.39. The van der Waals surface area contributed by atoms with Crippen LogP contribution in [0.3, 0.4) is 0 Å². The summed E-state index contributed by atoms with van der Waals surface area (Å²) in [6, 6.07) is 0. The predicted molar refractivity (Wildman–Crippen MR) is 30.0 cm³/mol. The predicted octanol–water partition coefficient (Wildman–Crippen LogP) is -0.833. The van der Waals surface area contributed by atoms with Crippen molar-refractivity contribution in [2.24, 2.45) is 5.90 Å². The molecule has 0 unspecified atom stereocenters. The lowest BCUT2D eigenvalue weighted by molar-refractivity contribution is 0.0489. The molecule has 0 saturated carbocycles. The number of hydrogen-bond donors (Lipinski definition) is 3. The van der Waals surface area contributed by atoms with Crippen LogP contribution in [0.25, 0.3) is 0 Å². The SMILES string of the molecule is NOC[C@@H](O)CS. The van der Waals surface area contributed by atoms with Crippen molar-refractivity contribution in [3.8, 4) is 0 Å². The molecule has 0 aliphatic carbocycles. The van der Waals surface area contributed by atoms with E-state index in [0.29, 0.717) is 5.75 Å². The normalized spacial score (nSPS) is 14.1. The third-order valence-corrected chi connectivity index (χ3v) is 0.921. The van der Waals surface area contributed by atoms with Crippen LogP contribution in [-0.4, -0.2) is 23.6 Å². The Balaban J connectivity index is 2.83. The Morgan fingerprint density at radius 2 is 2.43 bits per heavy atom. The Bertz CT molecular complexity index is 43.9. The smallest absolute Gasteiger partial charge is 0.0946 e. The molecule has 0 fully saturated rings. The lowest BCUT2D eigenvalue weighted by atomic mass is 10.4. The Morgan fingerprint density at radius 1 is 1.86 bits per heavy atom. The molecule has 3 nitrogen and oxygen atoms in total. The van der Waals surface area contributed by atoms with Gasteiger partial charge in [0.15, 0.2) is 0 Å². The van der Waals surface area contributed by atoms with Crippen LogP contribution in [0.15, 0.2) is 0 Å². The van der Waals surface area contributed by atoms with Crippen LogP contribution < -0.4 is 5.90 Å². The third kappa shape index (κ3) is 4.08. The van der Waals surface area contributed by atoms with E-state index >= 15 is 0 Å². The van der Waals surface area contributed by atoms with Gasteiger partial charge in [0, 0.05) is 5.75 Å². The number of aliphatic hydroxyl groups excluding tert-OH is 1. The van der Waals surface area contributed by atoms with E-state index in [9.17, 15) is 0 Å². The van der Waals surface area contributed by atoms with Gasteiger partial charge in [-0.1, -0.05) is 0 Å². The van der Waals surface area contributed by atoms with E-state index in [1.165, 1.54) is 0 Å². The highest BCUT2D eigenvalue weighted by molar-refractivity contribution is 7.80. The molecule has 0 aromatic rings. The number of hydrogen-bond acceptors (Lipinski definition) is 4. The third-order valence-electron chi connectivity index (χ3n) is 0.499. The zero-order valence-corrected chi connectivity index (χ0v) is 4.77. The molecule has 7 heavy (non-hydrogen) atoms. The second-order valence-corrected chi connectivity index (χ2v) is 1.53. The minimum atomic E-state index is -0.534. The Hall–Kier alpha value is 0.230. The van der Waals surface area contributed by atoms with Gasteiger partial charge in [-0.15, -0.1) is 0 Å². The Morgan fingerprint density at radius 3 is 2.57 bits per heavy atom. The summed E-state index contributed by atoms with van der Waals surface area (Å²) in [6.07, 6.45) is -0.534. The van der Waals surface area contributed by atoms with Crippen LogP contribution in [0.4, 0.5) is 0 Å². The van der Waals surface area contributed by atoms with Crippen LogP contribution >= 0.6 is 12.6 Å². The molecule has 0 amide bonds. The van der Waals surface area contributed by atoms with E-state index in [4.69, 9.17) is 5.11 Å². The molecule has 3 N–H and O–H groups in total. The summed E-state index contributed by atoms with van der Waals surface area (Å²) in [7, 11) is 0. The van der Waals surface area contributed by atoms with Crippen molar-refractivity contribution in [2.45, 2.75) is 6.10 Å². The van der Waals surface area contributed by atoms with Gasteiger partial charge in [-0.3, -0.25) is 0 Å². The van der Waals surface area contributed by atoms with Gasteiger partial charge in [0.25, 0.3) is 0 Å². The van der Waals surface area contributed by atoms with Crippen molar-refractivity contribution in [3.05, 3.63) is 0 Å². The Labute approximate surface area is 47.8 Å². The molecule has 0 heterocycles. The van der Waals surface area contributed by atoms with Gasteiger partial charge in [-0.2, -0.15) is 12.6 Å². The highest BCUT2D eigenvalue weighted by Crippen LogP contribution is 1.83. The van der Waals surface area contributed by atoms with Crippen LogP contribution in [0, 0.1) is 0 Å². The van der Waals surface area contributed by atoms with Crippen LogP contribution in [-0.2, 0) is 4.84 Å². The van der Waals surface area contributed by atoms with Crippen LogP contribution in [0.1, 0.15) is 0 Å². The first-order valence-electron chi connectivity index (χ1n) is 1.92. The van der Waals surface area contributed by atoms with Gasteiger partial charge in [-0.05, 0) is 0 Å². The van der Waals surface area contributed by atoms with Gasteiger partial charge >= 0.3 is 0 Å². The van der Waals surface area contributed by atoms with Crippen molar-refractivity contribution in [1.82, 2.24) is 0 Å². The van der Waals surface area contributed by atoms with Crippen molar-refractivity contribution in [1.29, 1.82) is 0 Å². The van der Waals surface area contributed by atoms with E-state index in [0.717, 1.165) is 0 Å². The van der Waals surface area contributed by atoms with Crippen molar-refractivity contribution < 1.29 is 9.94 Å². The summed E-state index contributed by atoms with van der Waals surface area (Å²) in [5.74, 6) is 5.00. The van der Waals surface area contributed by atoms with Gasteiger partial charge in [0.1, 0.15) is 0 Å². The molecule has 0 bridgehead atoms. The summed E-state index contributed by atoms with van der Waals surface area (Å²) >= 11 is 3.76. The fourth-order valence-electron chi connectivity index (χ4n) is 0.164. The molecule has 44 valence electrons. The van der Waals surface area contributed by atoms with E-state index < -0.39 is 6.10 Å². The zero-order valence-electron chi connectivity index (χ0n) is 3.87. The summed E-state index contributed by atoms with van der Waals surface area (Å²) in [5, 5.41) is 8.58. The van der Waals surface area contributed by atoms with E-state index in [-0.39, 0.29) is 6.61 Å². The topological polar surface area (TPSA) is 55.5 Å². The molecule has 0 rings (SSSR count). The maximum absolute atomic E-state index is 8.58. The fraction of sp³-hybridized carbons (Fsp3) is 1.00. The van der Waals surface area contributed by atoms with Gasteiger partial charge in [0.05, 0.1) is 12.7 Å². The number of nitrogens with two attached hydrogens (primary N) is 1. The molecule has 0 radical (unpaired) electrons. The molecule has 1 atom stereocenters. The molecule has 0 aliphatic heterocycles. The van der Waals surface area contributed by atoms with E-state index in [2.05, 4.69) is 23.4 Å². The molecule has 0 spiro atoms. The number of aliphatic hydroxyl groups is 1. The standard InChI is InChI=1S/C3H9NO2S/c4-6-1-3(5)2-7/h3,5,7H,1-2,4H2/t3-/m1/s1. The number of thiol groups is 1.